The minimum atomic E-state index is -0.0809. The summed E-state index contributed by atoms with van der Waals surface area (Å²) in [4.78, 5) is 13.3. The Hall–Kier alpha value is -0.840. The maximum atomic E-state index is 11.7. The molecule has 1 aromatic rings. The van der Waals surface area contributed by atoms with Gasteiger partial charge < -0.3 is 9.42 Å². The number of amides is 1. The van der Waals surface area contributed by atoms with E-state index in [9.17, 15) is 4.79 Å². The number of hydrogen-bond donors (Lipinski definition) is 0. The Labute approximate surface area is 97.7 Å². The molecule has 0 unspecified atom stereocenters. The SMILES string of the molecule is CN(CCCCCBr)C(=O)c1ccon1. The van der Waals surface area contributed by atoms with Crippen LogP contribution < -0.4 is 0 Å². The van der Waals surface area contributed by atoms with Crippen LogP contribution in [0.1, 0.15) is 29.8 Å². The Kier molecular flexibility index (Phi) is 5.39. The van der Waals surface area contributed by atoms with Gasteiger partial charge in [0.25, 0.3) is 5.91 Å². The number of aromatic nitrogens is 1. The van der Waals surface area contributed by atoms with Crippen LogP contribution in [0.4, 0.5) is 0 Å². The van der Waals surface area contributed by atoms with Crippen molar-refractivity contribution in [3.05, 3.63) is 18.0 Å². The van der Waals surface area contributed by atoms with E-state index in [-0.39, 0.29) is 5.91 Å². The minimum absolute atomic E-state index is 0.0809. The second-order valence-electron chi connectivity index (χ2n) is 3.36. The number of carbonyl (C=O) groups excluding carboxylic acids is 1. The van der Waals surface area contributed by atoms with Crippen LogP contribution in [-0.4, -0.2) is 34.9 Å². The molecule has 1 heterocycles. The van der Waals surface area contributed by atoms with Crippen molar-refractivity contribution in [2.75, 3.05) is 18.9 Å². The van der Waals surface area contributed by atoms with Crippen LogP contribution in [0.3, 0.4) is 0 Å². The van der Waals surface area contributed by atoms with Crippen molar-refractivity contribution >= 4 is 21.8 Å². The lowest BCUT2D eigenvalue weighted by molar-refractivity contribution is 0.0782. The smallest absolute Gasteiger partial charge is 0.275 e. The molecule has 0 aliphatic heterocycles. The summed E-state index contributed by atoms with van der Waals surface area (Å²) < 4.78 is 4.63. The van der Waals surface area contributed by atoms with E-state index in [1.165, 1.54) is 6.26 Å². The first kappa shape index (κ1) is 12.2. The maximum Gasteiger partial charge on any atom is 0.275 e. The molecular weight excluding hydrogens is 260 g/mol. The summed E-state index contributed by atoms with van der Waals surface area (Å²) in [5, 5.41) is 4.63. The highest BCUT2D eigenvalue weighted by molar-refractivity contribution is 9.09. The molecule has 0 atom stereocenters. The minimum Gasteiger partial charge on any atom is -0.364 e. The largest absolute Gasteiger partial charge is 0.364 e. The Bertz CT molecular complexity index is 288. The van der Waals surface area contributed by atoms with Crippen LogP contribution in [0.15, 0.2) is 16.9 Å². The van der Waals surface area contributed by atoms with Crippen molar-refractivity contribution in [2.24, 2.45) is 0 Å². The molecule has 5 heteroatoms. The molecule has 0 aliphatic carbocycles. The highest BCUT2D eigenvalue weighted by atomic mass is 79.9. The fourth-order valence-corrected chi connectivity index (χ4v) is 1.64. The number of nitrogens with zero attached hydrogens (tertiary/aromatic N) is 2. The Morgan fingerprint density at radius 2 is 2.33 bits per heavy atom. The van der Waals surface area contributed by atoms with Crippen molar-refractivity contribution in [1.82, 2.24) is 10.1 Å². The molecule has 0 aliphatic rings. The first-order valence-corrected chi connectivity index (χ1v) is 6.09. The zero-order valence-corrected chi connectivity index (χ0v) is 10.4. The summed E-state index contributed by atoms with van der Waals surface area (Å²) in [6.45, 7) is 0.763. The zero-order valence-electron chi connectivity index (χ0n) is 8.78. The fraction of sp³-hybridized carbons (Fsp3) is 0.600. The van der Waals surface area contributed by atoms with Crippen molar-refractivity contribution < 1.29 is 9.32 Å². The van der Waals surface area contributed by atoms with Gasteiger partial charge in [0.15, 0.2) is 5.69 Å². The summed E-state index contributed by atoms with van der Waals surface area (Å²) >= 11 is 3.37. The predicted molar refractivity (Wildman–Crippen MR) is 61.1 cm³/mol. The average molecular weight is 275 g/mol. The van der Waals surface area contributed by atoms with Crippen LogP contribution in [0.2, 0.25) is 0 Å². The van der Waals surface area contributed by atoms with Crippen LogP contribution in [0, 0.1) is 0 Å². The molecule has 0 saturated carbocycles. The molecule has 4 nitrogen and oxygen atoms in total. The fourth-order valence-electron chi connectivity index (χ4n) is 1.24. The molecule has 1 rings (SSSR count). The molecule has 0 bridgehead atoms. The van der Waals surface area contributed by atoms with E-state index in [0.717, 1.165) is 31.1 Å². The molecule has 0 radical (unpaired) electrons. The maximum absolute atomic E-state index is 11.7. The first-order valence-electron chi connectivity index (χ1n) is 4.97. The Morgan fingerprint density at radius 1 is 1.53 bits per heavy atom. The summed E-state index contributed by atoms with van der Waals surface area (Å²) in [7, 11) is 1.78. The molecule has 0 spiro atoms. The van der Waals surface area contributed by atoms with E-state index in [1.807, 2.05) is 0 Å². The van der Waals surface area contributed by atoms with E-state index < -0.39 is 0 Å². The topological polar surface area (TPSA) is 46.3 Å². The standard InChI is InChI=1S/C10H15BrN2O2/c1-13(7-4-2-3-6-11)10(14)9-5-8-15-12-9/h5,8H,2-4,6-7H2,1H3. The monoisotopic (exact) mass is 274 g/mol. The van der Waals surface area contributed by atoms with Crippen molar-refractivity contribution in [3.8, 4) is 0 Å². The van der Waals surface area contributed by atoms with Crippen molar-refractivity contribution in [3.63, 3.8) is 0 Å². The van der Waals surface area contributed by atoms with Crippen LogP contribution in [0.5, 0.6) is 0 Å². The van der Waals surface area contributed by atoms with Gasteiger partial charge in [0, 0.05) is 25.0 Å². The number of hydrogen-bond acceptors (Lipinski definition) is 3. The van der Waals surface area contributed by atoms with Gasteiger partial charge in [-0.25, -0.2) is 0 Å². The third kappa shape index (κ3) is 4.03. The van der Waals surface area contributed by atoms with Gasteiger partial charge in [-0.2, -0.15) is 0 Å². The third-order valence-electron chi connectivity index (χ3n) is 2.13. The van der Waals surface area contributed by atoms with Gasteiger partial charge in [0.2, 0.25) is 0 Å². The lowest BCUT2D eigenvalue weighted by Crippen LogP contribution is -2.27. The third-order valence-corrected chi connectivity index (χ3v) is 2.69. The lowest BCUT2D eigenvalue weighted by Gasteiger charge is -2.14. The molecule has 0 N–H and O–H groups in total. The van der Waals surface area contributed by atoms with E-state index in [2.05, 4.69) is 25.6 Å². The summed E-state index contributed by atoms with van der Waals surface area (Å²) in [5.74, 6) is -0.0809. The number of unbranched alkanes of at least 4 members (excludes halogenated alkanes) is 2. The molecule has 0 saturated heterocycles. The highest BCUT2D eigenvalue weighted by Gasteiger charge is 2.13. The number of alkyl halides is 1. The van der Waals surface area contributed by atoms with Crippen molar-refractivity contribution in [2.45, 2.75) is 19.3 Å². The Morgan fingerprint density at radius 3 is 2.93 bits per heavy atom. The molecule has 0 fully saturated rings. The summed E-state index contributed by atoms with van der Waals surface area (Å²) in [6, 6.07) is 1.58. The van der Waals surface area contributed by atoms with Gasteiger partial charge in [-0.1, -0.05) is 27.5 Å². The van der Waals surface area contributed by atoms with Gasteiger partial charge in [-0.05, 0) is 12.8 Å². The summed E-state index contributed by atoms with van der Waals surface area (Å²) in [6.07, 6.45) is 4.70. The molecule has 1 amide bonds. The Balaban J connectivity index is 2.28. The second-order valence-corrected chi connectivity index (χ2v) is 4.15. The lowest BCUT2D eigenvalue weighted by atomic mass is 10.2. The predicted octanol–water partition coefficient (Wildman–Crippen LogP) is 2.31. The number of rotatable bonds is 6. The molecule has 84 valence electrons. The molecule has 15 heavy (non-hydrogen) atoms. The average Bonchev–Trinajstić information content (AvgIpc) is 2.76. The van der Waals surface area contributed by atoms with E-state index >= 15 is 0 Å². The van der Waals surface area contributed by atoms with Crippen molar-refractivity contribution in [1.29, 1.82) is 0 Å². The summed E-state index contributed by atoms with van der Waals surface area (Å²) in [5.41, 5.74) is 0.373. The second kappa shape index (κ2) is 6.61. The van der Waals surface area contributed by atoms with Crippen LogP contribution >= 0.6 is 15.9 Å². The normalized spacial score (nSPS) is 10.3. The van der Waals surface area contributed by atoms with E-state index in [4.69, 9.17) is 0 Å². The quantitative estimate of drug-likeness (QED) is 0.591. The van der Waals surface area contributed by atoms with E-state index in [0.29, 0.717) is 5.69 Å². The van der Waals surface area contributed by atoms with Gasteiger partial charge in [-0.15, -0.1) is 0 Å². The first-order chi connectivity index (χ1) is 7.25. The van der Waals surface area contributed by atoms with Gasteiger partial charge in [0.1, 0.15) is 6.26 Å². The molecular formula is C10H15BrN2O2. The van der Waals surface area contributed by atoms with Gasteiger partial charge in [-0.3, -0.25) is 4.79 Å². The molecule has 1 aromatic heterocycles. The molecule has 0 aromatic carbocycles. The van der Waals surface area contributed by atoms with Gasteiger partial charge >= 0.3 is 0 Å². The zero-order chi connectivity index (χ0) is 11.1. The highest BCUT2D eigenvalue weighted by Crippen LogP contribution is 2.04. The van der Waals surface area contributed by atoms with Crippen LogP contribution in [-0.2, 0) is 0 Å². The van der Waals surface area contributed by atoms with Crippen LogP contribution in [0.25, 0.3) is 0 Å². The van der Waals surface area contributed by atoms with Gasteiger partial charge in [0.05, 0.1) is 0 Å². The number of halogens is 1. The number of carbonyl (C=O) groups is 1. The van der Waals surface area contributed by atoms with E-state index in [1.54, 1.807) is 18.0 Å².